The third-order valence-corrected chi connectivity index (χ3v) is 6.66. The van der Waals surface area contributed by atoms with E-state index in [9.17, 15) is 13.5 Å². The van der Waals surface area contributed by atoms with Gasteiger partial charge >= 0.3 is 0 Å². The summed E-state index contributed by atoms with van der Waals surface area (Å²) in [6.07, 6.45) is 2.72. The van der Waals surface area contributed by atoms with Crippen LogP contribution in [0.1, 0.15) is 33.1 Å². The van der Waals surface area contributed by atoms with E-state index in [1.165, 1.54) is 0 Å². The van der Waals surface area contributed by atoms with E-state index in [2.05, 4.69) is 13.8 Å². The topological polar surface area (TPSA) is 60.9 Å². The maximum atomic E-state index is 12.6. The van der Waals surface area contributed by atoms with Gasteiger partial charge in [-0.1, -0.05) is 13.8 Å². The third kappa shape index (κ3) is 3.29. The zero-order valence-electron chi connectivity index (χ0n) is 12.0. The Labute approximate surface area is 116 Å². The maximum Gasteiger partial charge on any atom is 0.281 e. The predicted octanol–water partition coefficient (Wildman–Crippen LogP) is 0.913. The average molecular weight is 290 g/mol. The van der Waals surface area contributed by atoms with Gasteiger partial charge < -0.3 is 5.11 Å². The second-order valence-corrected chi connectivity index (χ2v) is 8.09. The molecule has 2 aliphatic heterocycles. The largest absolute Gasteiger partial charge is 0.396 e. The SMILES string of the molecule is CC1CCN(S(=O)(=O)N2CCCC(CO)C2)CC1C. The van der Waals surface area contributed by atoms with Crippen LogP contribution in [0, 0.1) is 17.8 Å². The molecule has 2 saturated heterocycles. The highest BCUT2D eigenvalue weighted by atomic mass is 32.2. The van der Waals surface area contributed by atoms with Gasteiger partial charge in [0.2, 0.25) is 0 Å². The van der Waals surface area contributed by atoms with Gasteiger partial charge in [0.1, 0.15) is 0 Å². The van der Waals surface area contributed by atoms with Crippen LogP contribution in [0.3, 0.4) is 0 Å². The lowest BCUT2D eigenvalue weighted by Gasteiger charge is -2.39. The Morgan fingerprint density at radius 2 is 1.74 bits per heavy atom. The zero-order valence-corrected chi connectivity index (χ0v) is 12.8. The van der Waals surface area contributed by atoms with E-state index in [4.69, 9.17) is 0 Å². The van der Waals surface area contributed by atoms with E-state index < -0.39 is 10.2 Å². The monoisotopic (exact) mass is 290 g/mol. The molecule has 1 N–H and O–H groups in total. The van der Waals surface area contributed by atoms with Crippen molar-refractivity contribution in [2.45, 2.75) is 33.1 Å². The molecule has 112 valence electrons. The minimum atomic E-state index is -3.33. The lowest BCUT2D eigenvalue weighted by Crippen LogP contribution is -2.52. The van der Waals surface area contributed by atoms with Crippen LogP contribution in [0.4, 0.5) is 0 Å². The minimum Gasteiger partial charge on any atom is -0.396 e. The molecule has 2 fully saturated rings. The van der Waals surface area contributed by atoms with E-state index in [1.54, 1.807) is 8.61 Å². The molecule has 5 nitrogen and oxygen atoms in total. The van der Waals surface area contributed by atoms with E-state index in [0.717, 1.165) is 19.3 Å². The highest BCUT2D eigenvalue weighted by Crippen LogP contribution is 2.27. The Balaban J connectivity index is 2.05. The summed E-state index contributed by atoms with van der Waals surface area (Å²) in [7, 11) is -3.33. The standard InChI is InChI=1S/C13H26N2O3S/c1-11-5-7-15(8-12(11)2)19(17,18)14-6-3-4-13(9-14)10-16/h11-13,16H,3-10H2,1-2H3. The number of nitrogens with zero attached hydrogens (tertiary/aromatic N) is 2. The molecular formula is C13H26N2O3S. The molecule has 0 radical (unpaired) electrons. The number of hydrogen-bond donors (Lipinski definition) is 1. The molecule has 2 aliphatic rings. The first-order valence-corrected chi connectivity index (χ1v) is 8.71. The molecule has 0 aromatic heterocycles. The van der Waals surface area contributed by atoms with Crippen LogP contribution in [-0.4, -0.2) is 54.9 Å². The fourth-order valence-electron chi connectivity index (χ4n) is 2.98. The van der Waals surface area contributed by atoms with Gasteiger partial charge in [-0.15, -0.1) is 0 Å². The maximum absolute atomic E-state index is 12.6. The van der Waals surface area contributed by atoms with E-state index in [0.29, 0.717) is 38.0 Å². The molecule has 3 unspecified atom stereocenters. The van der Waals surface area contributed by atoms with Gasteiger partial charge in [-0.3, -0.25) is 0 Å². The third-order valence-electron chi connectivity index (χ3n) is 4.69. The molecule has 0 amide bonds. The fourth-order valence-corrected chi connectivity index (χ4v) is 4.83. The van der Waals surface area contributed by atoms with Crippen molar-refractivity contribution in [2.75, 3.05) is 32.8 Å². The van der Waals surface area contributed by atoms with E-state index in [-0.39, 0.29) is 12.5 Å². The Hall–Kier alpha value is -0.170. The summed E-state index contributed by atoms with van der Waals surface area (Å²) >= 11 is 0. The van der Waals surface area contributed by atoms with Crippen LogP contribution >= 0.6 is 0 Å². The summed E-state index contributed by atoms with van der Waals surface area (Å²) in [5.41, 5.74) is 0. The Bertz CT molecular complexity index is 387. The molecule has 2 rings (SSSR count). The highest BCUT2D eigenvalue weighted by molar-refractivity contribution is 7.86. The molecule has 0 aromatic rings. The van der Waals surface area contributed by atoms with Crippen molar-refractivity contribution in [2.24, 2.45) is 17.8 Å². The first-order chi connectivity index (χ1) is 8.95. The fraction of sp³-hybridized carbons (Fsp3) is 1.00. The Morgan fingerprint density at radius 3 is 2.37 bits per heavy atom. The van der Waals surface area contributed by atoms with Crippen LogP contribution in [0.5, 0.6) is 0 Å². The molecule has 0 aliphatic carbocycles. The van der Waals surface area contributed by atoms with E-state index >= 15 is 0 Å². The number of piperidine rings is 2. The summed E-state index contributed by atoms with van der Waals surface area (Å²) in [5.74, 6) is 1.12. The quantitative estimate of drug-likeness (QED) is 0.840. The smallest absolute Gasteiger partial charge is 0.281 e. The van der Waals surface area contributed by atoms with Crippen molar-refractivity contribution < 1.29 is 13.5 Å². The van der Waals surface area contributed by atoms with Gasteiger partial charge in [0.15, 0.2) is 0 Å². The molecule has 0 spiro atoms. The summed E-state index contributed by atoms with van der Waals surface area (Å²) in [6, 6.07) is 0. The van der Waals surface area contributed by atoms with Crippen LogP contribution in [0.25, 0.3) is 0 Å². The van der Waals surface area contributed by atoms with Gasteiger partial charge in [-0.25, -0.2) is 0 Å². The predicted molar refractivity (Wildman–Crippen MR) is 74.8 cm³/mol. The molecule has 2 heterocycles. The van der Waals surface area contributed by atoms with E-state index in [1.807, 2.05) is 0 Å². The van der Waals surface area contributed by atoms with Crippen molar-refractivity contribution in [3.63, 3.8) is 0 Å². The van der Waals surface area contributed by atoms with Crippen molar-refractivity contribution >= 4 is 10.2 Å². The molecule has 6 heteroatoms. The number of aliphatic hydroxyl groups is 1. The van der Waals surface area contributed by atoms with Crippen LogP contribution in [0.2, 0.25) is 0 Å². The first kappa shape index (κ1) is 15.2. The van der Waals surface area contributed by atoms with Crippen LogP contribution in [-0.2, 0) is 10.2 Å². The molecule has 19 heavy (non-hydrogen) atoms. The van der Waals surface area contributed by atoms with Crippen molar-refractivity contribution in [1.29, 1.82) is 0 Å². The lowest BCUT2D eigenvalue weighted by molar-refractivity contribution is 0.152. The number of hydrogen-bond acceptors (Lipinski definition) is 3. The number of rotatable bonds is 3. The summed E-state index contributed by atoms with van der Waals surface area (Å²) in [6.45, 7) is 6.73. The molecule has 0 bridgehead atoms. The van der Waals surface area contributed by atoms with Crippen LogP contribution < -0.4 is 0 Å². The second-order valence-electron chi connectivity index (χ2n) is 6.16. The Kier molecular flexibility index (Phi) is 4.87. The van der Waals surface area contributed by atoms with Gasteiger partial charge in [-0.2, -0.15) is 17.0 Å². The van der Waals surface area contributed by atoms with Gasteiger partial charge in [0.05, 0.1) is 0 Å². The zero-order chi connectivity index (χ0) is 14.0. The second kappa shape index (κ2) is 6.08. The van der Waals surface area contributed by atoms with Gasteiger partial charge in [0, 0.05) is 32.8 Å². The molecule has 0 aromatic carbocycles. The first-order valence-electron chi connectivity index (χ1n) is 7.31. The number of aliphatic hydroxyl groups excluding tert-OH is 1. The molecule has 3 atom stereocenters. The lowest BCUT2D eigenvalue weighted by atomic mass is 9.90. The summed E-state index contributed by atoms with van der Waals surface area (Å²) in [4.78, 5) is 0. The highest BCUT2D eigenvalue weighted by Gasteiger charge is 2.36. The normalized spacial score (nSPS) is 35.4. The summed E-state index contributed by atoms with van der Waals surface area (Å²) < 4.78 is 28.5. The van der Waals surface area contributed by atoms with Gasteiger partial charge in [-0.05, 0) is 37.0 Å². The Morgan fingerprint density at radius 1 is 1.05 bits per heavy atom. The summed E-state index contributed by atoms with van der Waals surface area (Å²) in [5, 5.41) is 9.23. The van der Waals surface area contributed by atoms with Crippen LogP contribution in [0.15, 0.2) is 0 Å². The molecule has 0 saturated carbocycles. The molecular weight excluding hydrogens is 264 g/mol. The minimum absolute atomic E-state index is 0.0828. The van der Waals surface area contributed by atoms with Gasteiger partial charge in [0.25, 0.3) is 10.2 Å². The van der Waals surface area contributed by atoms with Crippen molar-refractivity contribution in [1.82, 2.24) is 8.61 Å². The van der Waals surface area contributed by atoms with Crippen molar-refractivity contribution in [3.8, 4) is 0 Å². The average Bonchev–Trinajstić information content (AvgIpc) is 2.41. The van der Waals surface area contributed by atoms with Crippen molar-refractivity contribution in [3.05, 3.63) is 0 Å².